The van der Waals surface area contributed by atoms with Gasteiger partial charge in [0.15, 0.2) is 0 Å². The van der Waals surface area contributed by atoms with E-state index in [0.29, 0.717) is 5.41 Å². The summed E-state index contributed by atoms with van der Waals surface area (Å²) in [5, 5.41) is 0. The average Bonchev–Trinajstić information content (AvgIpc) is 2.46. The largest absolute Gasteiger partial charge is 0.497 e. The molecule has 0 radical (unpaired) electrons. The van der Waals surface area contributed by atoms with E-state index in [1.54, 1.807) is 26.4 Å². The first-order chi connectivity index (χ1) is 10.2. The molecule has 1 aromatic carbocycles. The Balaban J connectivity index is 1.42. The Morgan fingerprint density at radius 2 is 1.57 bits per heavy atom. The van der Waals surface area contributed by atoms with Crippen LogP contribution in [0.1, 0.15) is 50.5 Å². The van der Waals surface area contributed by atoms with Gasteiger partial charge in [-0.25, -0.2) is 0 Å². The highest BCUT2D eigenvalue weighted by molar-refractivity contribution is 5.50. The van der Waals surface area contributed by atoms with E-state index in [1.807, 2.05) is 12.1 Å². The lowest BCUT2D eigenvalue weighted by atomic mass is 9.49. The summed E-state index contributed by atoms with van der Waals surface area (Å²) in [7, 11) is 1.72. The van der Waals surface area contributed by atoms with Crippen LogP contribution in [-0.2, 0) is 0 Å². The van der Waals surface area contributed by atoms with Crippen molar-refractivity contribution in [1.29, 1.82) is 0 Å². The number of hydrogen-bond donors (Lipinski definition) is 0. The summed E-state index contributed by atoms with van der Waals surface area (Å²) in [6, 6.07) is 8.39. The second kappa shape index (κ2) is 5.19. The lowest BCUT2D eigenvalue weighted by molar-refractivity contribution is -0.0505. The van der Waals surface area contributed by atoms with Gasteiger partial charge < -0.3 is 4.74 Å². The molecule has 0 aliphatic heterocycles. The molecule has 4 fully saturated rings. The normalized spacial score (nSPS) is 37.3. The highest BCUT2D eigenvalue weighted by Crippen LogP contribution is 2.61. The maximum atomic E-state index is 5.21. The molecule has 1 heteroatoms. The van der Waals surface area contributed by atoms with Gasteiger partial charge >= 0.3 is 0 Å². The van der Waals surface area contributed by atoms with E-state index in [9.17, 15) is 0 Å². The molecule has 0 amide bonds. The van der Waals surface area contributed by atoms with Crippen LogP contribution in [-0.4, -0.2) is 7.11 Å². The molecule has 0 unspecified atom stereocenters. The Morgan fingerprint density at radius 3 is 2.10 bits per heavy atom. The molecule has 0 saturated heterocycles. The van der Waals surface area contributed by atoms with Crippen LogP contribution in [0.15, 0.2) is 30.3 Å². The summed E-state index contributed by atoms with van der Waals surface area (Å²) >= 11 is 0. The minimum atomic E-state index is 0.664. The van der Waals surface area contributed by atoms with E-state index >= 15 is 0 Å². The van der Waals surface area contributed by atoms with Gasteiger partial charge in [-0.15, -0.1) is 0 Å². The highest BCUT2D eigenvalue weighted by Gasteiger charge is 2.49. The quantitative estimate of drug-likeness (QED) is 0.726. The van der Waals surface area contributed by atoms with Crippen LogP contribution in [0.4, 0.5) is 0 Å². The van der Waals surface area contributed by atoms with Crippen LogP contribution < -0.4 is 4.74 Å². The van der Waals surface area contributed by atoms with Crippen LogP contribution in [0.5, 0.6) is 5.75 Å². The summed E-state index contributed by atoms with van der Waals surface area (Å²) in [6.45, 7) is 0. The number of benzene rings is 1. The third kappa shape index (κ3) is 2.63. The van der Waals surface area contributed by atoms with Gasteiger partial charge in [-0.1, -0.05) is 24.3 Å². The van der Waals surface area contributed by atoms with Crippen molar-refractivity contribution in [2.75, 3.05) is 7.11 Å². The first kappa shape index (κ1) is 13.4. The molecule has 21 heavy (non-hydrogen) atoms. The van der Waals surface area contributed by atoms with E-state index < -0.39 is 0 Å². The molecular weight excluding hydrogens is 256 g/mol. The minimum Gasteiger partial charge on any atom is -0.497 e. The lowest BCUT2D eigenvalue weighted by Crippen LogP contribution is -2.45. The first-order valence-electron chi connectivity index (χ1n) is 8.55. The molecule has 0 N–H and O–H groups in total. The zero-order valence-electron chi connectivity index (χ0n) is 13.1. The van der Waals surface area contributed by atoms with Crippen molar-refractivity contribution in [1.82, 2.24) is 0 Å². The van der Waals surface area contributed by atoms with Crippen molar-refractivity contribution in [3.05, 3.63) is 35.9 Å². The predicted octanol–water partition coefficient (Wildman–Crippen LogP) is 5.31. The molecule has 4 aliphatic rings. The summed E-state index contributed by atoms with van der Waals surface area (Å²) in [5.41, 5.74) is 1.96. The molecule has 5 rings (SSSR count). The van der Waals surface area contributed by atoms with Crippen molar-refractivity contribution in [3.63, 3.8) is 0 Å². The maximum Gasteiger partial charge on any atom is 0.118 e. The fourth-order valence-electron chi connectivity index (χ4n) is 5.70. The van der Waals surface area contributed by atoms with E-state index in [-0.39, 0.29) is 0 Å². The summed E-state index contributed by atoms with van der Waals surface area (Å²) in [4.78, 5) is 0. The van der Waals surface area contributed by atoms with Gasteiger partial charge in [0.2, 0.25) is 0 Å². The number of hydrogen-bond acceptors (Lipinski definition) is 1. The molecule has 0 atom stereocenters. The Labute approximate surface area is 128 Å². The topological polar surface area (TPSA) is 9.23 Å². The zero-order valence-corrected chi connectivity index (χ0v) is 13.1. The van der Waals surface area contributed by atoms with Gasteiger partial charge in [-0.05, 0) is 85.8 Å². The van der Waals surface area contributed by atoms with Crippen LogP contribution in [0.2, 0.25) is 0 Å². The second-order valence-electron chi connectivity index (χ2n) is 7.80. The van der Waals surface area contributed by atoms with Gasteiger partial charge in [0.05, 0.1) is 7.11 Å². The Morgan fingerprint density at radius 1 is 1.00 bits per heavy atom. The zero-order chi connectivity index (χ0) is 14.3. The molecule has 4 saturated carbocycles. The highest BCUT2D eigenvalue weighted by atomic mass is 16.5. The van der Waals surface area contributed by atoms with Gasteiger partial charge in [-0.3, -0.25) is 0 Å². The standard InChI is InChI=1S/C20H26O/c1-21-19-6-4-15(5-7-19)3-2-8-20-12-16-9-17(13-20)11-18(10-16)14-20/h2-7,16-18H,8-14H2,1H3/b3-2+. The lowest BCUT2D eigenvalue weighted by Gasteiger charge is -2.56. The fraction of sp³-hybridized carbons (Fsp3) is 0.600. The number of ether oxygens (including phenoxy) is 1. The summed E-state index contributed by atoms with van der Waals surface area (Å²) in [5.74, 6) is 4.12. The Hall–Kier alpha value is -1.24. The Kier molecular flexibility index (Phi) is 3.32. The molecule has 1 aromatic rings. The van der Waals surface area contributed by atoms with Crippen LogP contribution in [0, 0.1) is 23.2 Å². The van der Waals surface area contributed by atoms with E-state index in [2.05, 4.69) is 24.3 Å². The molecule has 4 bridgehead atoms. The van der Waals surface area contributed by atoms with Crippen molar-refractivity contribution < 1.29 is 4.74 Å². The van der Waals surface area contributed by atoms with E-state index in [1.165, 1.54) is 31.2 Å². The smallest absolute Gasteiger partial charge is 0.118 e. The van der Waals surface area contributed by atoms with Crippen molar-refractivity contribution in [2.24, 2.45) is 23.2 Å². The first-order valence-corrected chi connectivity index (χ1v) is 8.55. The third-order valence-corrected chi connectivity index (χ3v) is 6.14. The molecular formula is C20H26O. The number of methoxy groups -OCH3 is 1. The van der Waals surface area contributed by atoms with Crippen LogP contribution in [0.3, 0.4) is 0 Å². The van der Waals surface area contributed by atoms with Crippen LogP contribution >= 0.6 is 0 Å². The monoisotopic (exact) mass is 282 g/mol. The van der Waals surface area contributed by atoms with Gasteiger partial charge in [0.25, 0.3) is 0 Å². The number of allylic oxidation sites excluding steroid dienone is 1. The molecule has 112 valence electrons. The molecule has 0 spiro atoms. The SMILES string of the molecule is COc1ccc(/C=C/CC23CC4CC(CC(C4)C2)C3)cc1. The second-order valence-corrected chi connectivity index (χ2v) is 7.80. The van der Waals surface area contributed by atoms with Crippen LogP contribution in [0.25, 0.3) is 6.08 Å². The van der Waals surface area contributed by atoms with Crippen molar-refractivity contribution >= 4 is 6.08 Å². The molecule has 0 aromatic heterocycles. The maximum absolute atomic E-state index is 5.21. The van der Waals surface area contributed by atoms with Gasteiger partial charge in [-0.2, -0.15) is 0 Å². The van der Waals surface area contributed by atoms with Gasteiger partial charge in [0, 0.05) is 0 Å². The third-order valence-electron chi connectivity index (χ3n) is 6.14. The van der Waals surface area contributed by atoms with Crippen molar-refractivity contribution in [3.8, 4) is 5.75 Å². The van der Waals surface area contributed by atoms with E-state index in [4.69, 9.17) is 4.74 Å². The average molecular weight is 282 g/mol. The summed E-state index contributed by atoms with van der Waals surface area (Å²) < 4.78 is 5.21. The molecule has 4 aliphatic carbocycles. The molecule has 0 heterocycles. The Bertz CT molecular complexity index is 490. The van der Waals surface area contributed by atoms with E-state index in [0.717, 1.165) is 23.5 Å². The predicted molar refractivity (Wildman–Crippen MR) is 87.3 cm³/mol. The number of rotatable bonds is 4. The van der Waals surface area contributed by atoms with Gasteiger partial charge in [0.1, 0.15) is 5.75 Å². The van der Waals surface area contributed by atoms with Crippen molar-refractivity contribution in [2.45, 2.75) is 44.9 Å². The minimum absolute atomic E-state index is 0.664. The molecule has 1 nitrogen and oxygen atoms in total. The fourth-order valence-corrected chi connectivity index (χ4v) is 5.70. The summed E-state index contributed by atoms with van der Waals surface area (Å²) in [6.07, 6.45) is 15.2.